The summed E-state index contributed by atoms with van der Waals surface area (Å²) in [5.74, 6) is 1.53. The van der Waals surface area contributed by atoms with Crippen LogP contribution < -0.4 is 9.64 Å². The van der Waals surface area contributed by atoms with Gasteiger partial charge in [0.05, 0.1) is 5.56 Å². The normalized spacial score (nSPS) is 14.4. The summed E-state index contributed by atoms with van der Waals surface area (Å²) < 4.78 is 7.78. The number of nitrogens with zero attached hydrogens (tertiary/aromatic N) is 6. The Balaban J connectivity index is 1.55. The number of anilines is 1. The molecule has 162 valence electrons. The predicted octanol–water partition coefficient (Wildman–Crippen LogP) is 4.24. The van der Waals surface area contributed by atoms with Crippen molar-refractivity contribution in [1.82, 2.24) is 24.6 Å². The van der Waals surface area contributed by atoms with Gasteiger partial charge >= 0.3 is 0 Å². The lowest BCUT2D eigenvalue weighted by molar-refractivity contribution is 0.422. The van der Waals surface area contributed by atoms with Crippen molar-refractivity contribution in [3.05, 3.63) is 90.0 Å². The standard InChI is InChI=1S/C25H20N6O2/c1-30(2)17-7-5-15(6-8-17)23-28-24-22-21(16-4-3-11-26-13-16)19-10-9-18(32)12-20(19)33-25(22)27-14-31(24)29-23/h3-14,21,32H,1-2H3/t21-/m0/s1. The number of fused-ring (bicyclic) bond motifs is 4. The van der Waals surface area contributed by atoms with Crippen molar-refractivity contribution in [3.63, 3.8) is 0 Å². The third-order valence-corrected chi connectivity index (χ3v) is 5.85. The van der Waals surface area contributed by atoms with Gasteiger partial charge in [-0.25, -0.2) is 14.5 Å². The quantitative estimate of drug-likeness (QED) is 0.444. The Morgan fingerprint density at radius 2 is 1.91 bits per heavy atom. The highest BCUT2D eigenvalue weighted by molar-refractivity contribution is 5.69. The van der Waals surface area contributed by atoms with E-state index in [0.717, 1.165) is 27.9 Å². The average Bonchev–Trinajstić information content (AvgIpc) is 3.28. The first kappa shape index (κ1) is 19.2. The number of ether oxygens (including phenoxy) is 1. The monoisotopic (exact) mass is 436 g/mol. The third kappa shape index (κ3) is 3.15. The first-order valence-electron chi connectivity index (χ1n) is 10.5. The van der Waals surface area contributed by atoms with Crippen LogP contribution in [0.25, 0.3) is 17.0 Å². The van der Waals surface area contributed by atoms with Gasteiger partial charge in [0.1, 0.15) is 17.8 Å². The summed E-state index contributed by atoms with van der Waals surface area (Å²) in [6.45, 7) is 0. The molecule has 1 N–H and O–H groups in total. The summed E-state index contributed by atoms with van der Waals surface area (Å²) in [6.07, 6.45) is 5.18. The third-order valence-electron chi connectivity index (χ3n) is 5.85. The van der Waals surface area contributed by atoms with Crippen molar-refractivity contribution in [1.29, 1.82) is 0 Å². The molecule has 0 amide bonds. The fraction of sp³-hybridized carbons (Fsp3) is 0.120. The average molecular weight is 436 g/mol. The minimum Gasteiger partial charge on any atom is -0.508 e. The number of hydrogen-bond acceptors (Lipinski definition) is 7. The van der Waals surface area contributed by atoms with Gasteiger partial charge in [-0.15, -0.1) is 5.10 Å². The highest BCUT2D eigenvalue weighted by Gasteiger charge is 2.33. The van der Waals surface area contributed by atoms with Gasteiger partial charge in [-0.1, -0.05) is 12.1 Å². The number of aromatic hydroxyl groups is 1. The van der Waals surface area contributed by atoms with E-state index in [1.165, 1.54) is 0 Å². The van der Waals surface area contributed by atoms with Crippen LogP contribution in [0.1, 0.15) is 22.6 Å². The summed E-state index contributed by atoms with van der Waals surface area (Å²) in [5.41, 5.74) is 5.38. The van der Waals surface area contributed by atoms with Crippen molar-refractivity contribution < 1.29 is 9.84 Å². The fourth-order valence-electron chi connectivity index (χ4n) is 4.23. The number of benzene rings is 2. The van der Waals surface area contributed by atoms with Crippen LogP contribution in [0.4, 0.5) is 5.69 Å². The molecule has 0 aliphatic carbocycles. The molecule has 5 aromatic rings. The Morgan fingerprint density at radius 1 is 1.06 bits per heavy atom. The van der Waals surface area contributed by atoms with E-state index in [1.54, 1.807) is 29.2 Å². The Labute approximate surface area is 189 Å². The van der Waals surface area contributed by atoms with Crippen LogP contribution in [0.2, 0.25) is 0 Å². The number of rotatable bonds is 3. The second-order valence-electron chi connectivity index (χ2n) is 8.15. The van der Waals surface area contributed by atoms with Crippen LogP contribution in [0.3, 0.4) is 0 Å². The SMILES string of the molecule is CN(C)c1ccc(-c2nc3c4c(ncn3n2)Oc2cc(O)ccc2[C@@H]4c2cccnc2)cc1. The molecular formula is C25H20N6O2. The molecule has 2 aromatic carbocycles. The molecule has 0 saturated heterocycles. The molecule has 0 spiro atoms. The van der Waals surface area contributed by atoms with Gasteiger partial charge in [0.25, 0.3) is 0 Å². The Morgan fingerprint density at radius 3 is 2.67 bits per heavy atom. The maximum absolute atomic E-state index is 10.0. The lowest BCUT2D eigenvalue weighted by Gasteiger charge is -2.27. The summed E-state index contributed by atoms with van der Waals surface area (Å²) in [4.78, 5) is 15.8. The summed E-state index contributed by atoms with van der Waals surface area (Å²) in [5, 5.41) is 14.7. The molecular weight excluding hydrogens is 416 g/mol. The molecule has 0 bridgehead atoms. The van der Waals surface area contributed by atoms with E-state index >= 15 is 0 Å². The maximum Gasteiger partial charge on any atom is 0.228 e. The zero-order valence-electron chi connectivity index (χ0n) is 18.0. The van der Waals surface area contributed by atoms with E-state index in [1.807, 2.05) is 67.7 Å². The number of phenolic OH excluding ortho intramolecular Hbond substituents is 1. The van der Waals surface area contributed by atoms with Crippen molar-refractivity contribution >= 4 is 11.3 Å². The van der Waals surface area contributed by atoms with E-state index in [-0.39, 0.29) is 11.7 Å². The van der Waals surface area contributed by atoms with Gasteiger partial charge in [0.15, 0.2) is 11.5 Å². The van der Waals surface area contributed by atoms with Crippen LogP contribution >= 0.6 is 0 Å². The molecule has 0 unspecified atom stereocenters. The number of phenols is 1. The fourth-order valence-corrected chi connectivity index (χ4v) is 4.23. The van der Waals surface area contributed by atoms with Crippen molar-refractivity contribution in [2.75, 3.05) is 19.0 Å². The lowest BCUT2D eigenvalue weighted by atomic mass is 9.84. The molecule has 0 fully saturated rings. The number of aromatic nitrogens is 5. The van der Waals surface area contributed by atoms with E-state index in [9.17, 15) is 5.11 Å². The smallest absolute Gasteiger partial charge is 0.228 e. The van der Waals surface area contributed by atoms with E-state index < -0.39 is 0 Å². The van der Waals surface area contributed by atoms with E-state index in [2.05, 4.69) is 15.1 Å². The van der Waals surface area contributed by atoms with Gasteiger partial charge in [-0.3, -0.25) is 4.98 Å². The van der Waals surface area contributed by atoms with E-state index in [4.69, 9.17) is 9.72 Å². The maximum atomic E-state index is 10.0. The lowest BCUT2D eigenvalue weighted by Crippen LogP contribution is -2.15. The minimum atomic E-state index is -0.220. The van der Waals surface area contributed by atoms with Crippen molar-refractivity contribution in [2.24, 2.45) is 0 Å². The van der Waals surface area contributed by atoms with Gasteiger partial charge in [0.2, 0.25) is 5.88 Å². The van der Waals surface area contributed by atoms with Gasteiger partial charge in [-0.05, 0) is 42.0 Å². The van der Waals surface area contributed by atoms with Gasteiger partial charge < -0.3 is 14.7 Å². The van der Waals surface area contributed by atoms with Crippen LogP contribution in [0.5, 0.6) is 17.4 Å². The van der Waals surface area contributed by atoms with Crippen LogP contribution in [0.15, 0.2) is 73.3 Å². The Hall–Kier alpha value is -4.46. The van der Waals surface area contributed by atoms with Crippen LogP contribution in [-0.4, -0.2) is 43.8 Å². The molecule has 6 rings (SSSR count). The zero-order chi connectivity index (χ0) is 22.5. The summed E-state index contributed by atoms with van der Waals surface area (Å²) in [7, 11) is 4.01. The molecule has 3 aromatic heterocycles. The zero-order valence-corrected chi connectivity index (χ0v) is 18.0. The molecule has 8 heteroatoms. The van der Waals surface area contributed by atoms with E-state index in [0.29, 0.717) is 23.1 Å². The molecule has 0 saturated carbocycles. The second kappa shape index (κ2) is 7.30. The summed E-state index contributed by atoms with van der Waals surface area (Å²) >= 11 is 0. The summed E-state index contributed by atoms with van der Waals surface area (Å²) in [6, 6.07) is 17.2. The Kier molecular flexibility index (Phi) is 4.26. The second-order valence-corrected chi connectivity index (χ2v) is 8.15. The molecule has 1 atom stereocenters. The molecule has 1 aliphatic rings. The van der Waals surface area contributed by atoms with Crippen molar-refractivity contribution in [2.45, 2.75) is 5.92 Å². The largest absolute Gasteiger partial charge is 0.508 e. The van der Waals surface area contributed by atoms with Crippen LogP contribution in [-0.2, 0) is 0 Å². The topological polar surface area (TPSA) is 88.7 Å². The van der Waals surface area contributed by atoms with Gasteiger partial charge in [0, 0.05) is 55.3 Å². The minimum absolute atomic E-state index is 0.133. The molecule has 33 heavy (non-hydrogen) atoms. The molecule has 4 heterocycles. The van der Waals surface area contributed by atoms with Gasteiger partial charge in [-0.2, -0.15) is 0 Å². The highest BCUT2D eigenvalue weighted by atomic mass is 16.5. The van der Waals surface area contributed by atoms with Crippen LogP contribution in [0, 0.1) is 0 Å². The number of hydrogen-bond donors (Lipinski definition) is 1. The molecule has 0 radical (unpaired) electrons. The Bertz CT molecular complexity index is 1480. The first-order chi connectivity index (χ1) is 16.1. The first-order valence-corrected chi connectivity index (χ1v) is 10.5. The predicted molar refractivity (Wildman–Crippen MR) is 124 cm³/mol. The molecule has 1 aliphatic heterocycles. The number of pyridine rings is 1. The highest BCUT2D eigenvalue weighted by Crippen LogP contribution is 2.48. The molecule has 8 nitrogen and oxygen atoms in total. The van der Waals surface area contributed by atoms with Crippen molar-refractivity contribution in [3.8, 4) is 28.8 Å².